The Kier molecular flexibility index (Phi) is 6.28. The van der Waals surface area contributed by atoms with E-state index in [4.69, 9.17) is 9.84 Å². The molecule has 0 spiro atoms. The molecule has 28 heavy (non-hydrogen) atoms. The van der Waals surface area contributed by atoms with E-state index in [1.807, 2.05) is 30.3 Å². The number of carbonyl (C=O) groups is 3. The number of benzene rings is 1. The number of morpholine rings is 1. The number of amides is 2. The number of ether oxygens (including phenoxy) is 1. The van der Waals surface area contributed by atoms with E-state index < -0.39 is 17.9 Å². The summed E-state index contributed by atoms with van der Waals surface area (Å²) in [5.74, 6) is -2.02. The second-order valence-corrected chi connectivity index (χ2v) is 6.25. The normalized spacial score (nSPS) is 14.9. The van der Waals surface area contributed by atoms with E-state index >= 15 is 0 Å². The van der Waals surface area contributed by atoms with Crippen LogP contribution in [-0.2, 0) is 16.0 Å². The number of nitrogens with one attached hydrogen (secondary N) is 1. The van der Waals surface area contributed by atoms with Crippen LogP contribution in [-0.4, -0.2) is 70.1 Å². The van der Waals surface area contributed by atoms with Gasteiger partial charge >= 0.3 is 5.97 Å². The molecule has 1 aliphatic heterocycles. The molecule has 3 rings (SSSR count). The summed E-state index contributed by atoms with van der Waals surface area (Å²) in [6.07, 6.45) is 2.41. The van der Waals surface area contributed by atoms with E-state index in [2.05, 4.69) is 15.3 Å². The number of aromatic nitrogens is 2. The van der Waals surface area contributed by atoms with Crippen LogP contribution >= 0.6 is 0 Å². The predicted molar refractivity (Wildman–Crippen MR) is 97.8 cm³/mol. The molecule has 1 aromatic carbocycles. The Hall–Kier alpha value is -3.33. The first-order valence-corrected chi connectivity index (χ1v) is 8.81. The second-order valence-electron chi connectivity index (χ2n) is 6.25. The van der Waals surface area contributed by atoms with Gasteiger partial charge in [-0.3, -0.25) is 9.59 Å². The van der Waals surface area contributed by atoms with Gasteiger partial charge in [-0.1, -0.05) is 30.3 Å². The van der Waals surface area contributed by atoms with Gasteiger partial charge in [0.2, 0.25) is 5.91 Å². The molecule has 1 aliphatic rings. The summed E-state index contributed by atoms with van der Waals surface area (Å²) < 4.78 is 5.28. The lowest BCUT2D eigenvalue weighted by Gasteiger charge is -2.30. The van der Waals surface area contributed by atoms with Crippen LogP contribution in [0.5, 0.6) is 0 Å². The number of aromatic carboxylic acids is 1. The van der Waals surface area contributed by atoms with Gasteiger partial charge in [-0.05, 0) is 5.56 Å². The van der Waals surface area contributed by atoms with Crippen molar-refractivity contribution >= 4 is 17.8 Å². The highest BCUT2D eigenvalue weighted by Crippen LogP contribution is 2.09. The molecule has 1 fully saturated rings. The molecule has 146 valence electrons. The molecule has 2 heterocycles. The minimum absolute atomic E-state index is 0.0576. The van der Waals surface area contributed by atoms with Crippen LogP contribution in [0, 0.1) is 0 Å². The smallest absolute Gasteiger partial charge is 0.356 e. The molecule has 0 radical (unpaired) electrons. The predicted octanol–water partition coefficient (Wildman–Crippen LogP) is 0.375. The Labute approximate surface area is 161 Å². The summed E-state index contributed by atoms with van der Waals surface area (Å²) in [6.45, 7) is 1.85. The molecule has 2 amide bonds. The summed E-state index contributed by atoms with van der Waals surface area (Å²) in [6, 6.07) is 8.59. The van der Waals surface area contributed by atoms with E-state index in [0.29, 0.717) is 32.7 Å². The number of carboxylic acid groups (broad SMARTS) is 1. The maximum atomic E-state index is 13.0. The third-order valence-corrected chi connectivity index (χ3v) is 4.31. The largest absolute Gasteiger partial charge is 0.476 e. The molecule has 1 saturated heterocycles. The monoisotopic (exact) mass is 384 g/mol. The Morgan fingerprint density at radius 3 is 2.32 bits per heavy atom. The fourth-order valence-corrected chi connectivity index (χ4v) is 2.84. The topological polar surface area (TPSA) is 122 Å². The van der Waals surface area contributed by atoms with E-state index in [1.54, 1.807) is 4.90 Å². The first-order valence-electron chi connectivity index (χ1n) is 8.81. The molecule has 2 aromatic rings. The van der Waals surface area contributed by atoms with E-state index in [9.17, 15) is 14.4 Å². The highest BCUT2D eigenvalue weighted by Gasteiger charge is 2.28. The van der Waals surface area contributed by atoms with Gasteiger partial charge in [-0.25, -0.2) is 14.8 Å². The molecule has 1 atom stereocenters. The Morgan fingerprint density at radius 1 is 1.07 bits per heavy atom. The van der Waals surface area contributed by atoms with Crippen molar-refractivity contribution in [3.63, 3.8) is 0 Å². The number of carboxylic acids is 1. The highest BCUT2D eigenvalue weighted by atomic mass is 16.5. The molecule has 0 saturated carbocycles. The van der Waals surface area contributed by atoms with Gasteiger partial charge in [-0.15, -0.1) is 0 Å². The number of hydrogen-bond donors (Lipinski definition) is 2. The maximum Gasteiger partial charge on any atom is 0.356 e. The van der Waals surface area contributed by atoms with Crippen molar-refractivity contribution in [1.29, 1.82) is 0 Å². The molecular formula is C19H20N4O5. The van der Waals surface area contributed by atoms with Crippen molar-refractivity contribution < 1.29 is 24.2 Å². The Morgan fingerprint density at radius 2 is 1.71 bits per heavy atom. The van der Waals surface area contributed by atoms with Crippen LogP contribution in [0.4, 0.5) is 0 Å². The van der Waals surface area contributed by atoms with Crippen LogP contribution in [0.25, 0.3) is 0 Å². The molecular weight excluding hydrogens is 364 g/mol. The summed E-state index contributed by atoms with van der Waals surface area (Å²) in [5.41, 5.74) is 0.585. The second kappa shape index (κ2) is 9.05. The molecule has 1 unspecified atom stereocenters. The van der Waals surface area contributed by atoms with Gasteiger partial charge in [0.1, 0.15) is 11.7 Å². The Balaban J connectivity index is 1.76. The van der Waals surface area contributed by atoms with Crippen LogP contribution in [0.1, 0.15) is 26.5 Å². The molecule has 0 aliphatic carbocycles. The first-order chi connectivity index (χ1) is 13.5. The van der Waals surface area contributed by atoms with Crippen LogP contribution in [0.3, 0.4) is 0 Å². The van der Waals surface area contributed by atoms with Crippen molar-refractivity contribution in [3.8, 4) is 0 Å². The van der Waals surface area contributed by atoms with E-state index in [0.717, 1.165) is 18.0 Å². The number of nitrogens with zero attached hydrogens (tertiary/aromatic N) is 3. The van der Waals surface area contributed by atoms with Crippen LogP contribution in [0.15, 0.2) is 42.7 Å². The van der Waals surface area contributed by atoms with E-state index in [1.165, 1.54) is 0 Å². The zero-order chi connectivity index (χ0) is 19.9. The van der Waals surface area contributed by atoms with E-state index in [-0.39, 0.29) is 17.3 Å². The number of hydrogen-bond acceptors (Lipinski definition) is 6. The van der Waals surface area contributed by atoms with Gasteiger partial charge in [-0.2, -0.15) is 0 Å². The van der Waals surface area contributed by atoms with Crippen LogP contribution < -0.4 is 5.32 Å². The van der Waals surface area contributed by atoms with Gasteiger partial charge < -0.3 is 20.1 Å². The average Bonchev–Trinajstić information content (AvgIpc) is 2.74. The summed E-state index contributed by atoms with van der Waals surface area (Å²) in [7, 11) is 0. The lowest BCUT2D eigenvalue weighted by molar-refractivity contribution is -0.137. The Bertz CT molecular complexity index is 835. The van der Waals surface area contributed by atoms with Crippen molar-refractivity contribution in [1.82, 2.24) is 20.2 Å². The fraction of sp³-hybridized carbons (Fsp3) is 0.316. The fourth-order valence-electron chi connectivity index (χ4n) is 2.84. The third kappa shape index (κ3) is 4.89. The lowest BCUT2D eigenvalue weighted by Crippen LogP contribution is -2.52. The summed E-state index contributed by atoms with van der Waals surface area (Å²) in [4.78, 5) is 45.6. The van der Waals surface area contributed by atoms with Gasteiger partial charge in [0.15, 0.2) is 5.69 Å². The van der Waals surface area contributed by atoms with Crippen molar-refractivity contribution in [2.24, 2.45) is 0 Å². The van der Waals surface area contributed by atoms with Crippen molar-refractivity contribution in [2.75, 3.05) is 26.3 Å². The SMILES string of the molecule is O=C(O)c1cnc(C(=O)NC(Cc2ccccc2)C(=O)N2CCOCC2)cn1. The van der Waals surface area contributed by atoms with Gasteiger partial charge in [0.25, 0.3) is 5.91 Å². The van der Waals surface area contributed by atoms with Crippen LogP contribution in [0.2, 0.25) is 0 Å². The quantitative estimate of drug-likeness (QED) is 0.738. The average molecular weight is 384 g/mol. The molecule has 1 aromatic heterocycles. The zero-order valence-corrected chi connectivity index (χ0v) is 15.1. The zero-order valence-electron chi connectivity index (χ0n) is 15.1. The van der Waals surface area contributed by atoms with Crippen molar-refractivity contribution in [3.05, 3.63) is 59.7 Å². The third-order valence-electron chi connectivity index (χ3n) is 4.31. The number of carbonyl (C=O) groups excluding carboxylic acids is 2. The number of rotatable bonds is 6. The maximum absolute atomic E-state index is 13.0. The minimum Gasteiger partial charge on any atom is -0.476 e. The minimum atomic E-state index is -1.23. The highest BCUT2D eigenvalue weighted by molar-refractivity contribution is 5.96. The molecule has 0 bridgehead atoms. The summed E-state index contributed by atoms with van der Waals surface area (Å²) >= 11 is 0. The molecule has 9 nitrogen and oxygen atoms in total. The molecule has 9 heteroatoms. The standard InChI is InChI=1S/C19H20N4O5/c24-17(15-11-21-16(12-20-15)19(26)27)22-14(10-13-4-2-1-3-5-13)18(25)23-6-8-28-9-7-23/h1-5,11-12,14H,6-10H2,(H,22,24)(H,26,27). The first kappa shape index (κ1) is 19.4. The molecule has 2 N–H and O–H groups in total. The van der Waals surface area contributed by atoms with Gasteiger partial charge in [0.05, 0.1) is 25.6 Å². The summed E-state index contributed by atoms with van der Waals surface area (Å²) in [5, 5.41) is 11.6. The van der Waals surface area contributed by atoms with Gasteiger partial charge in [0, 0.05) is 19.5 Å². The van der Waals surface area contributed by atoms with Crippen molar-refractivity contribution in [2.45, 2.75) is 12.5 Å². The lowest BCUT2D eigenvalue weighted by atomic mass is 10.0.